The number of hydrogen-bond donors (Lipinski definition) is 0. The van der Waals surface area contributed by atoms with Crippen molar-refractivity contribution in [2.24, 2.45) is 0 Å². The molecule has 3 aromatic rings. The molecule has 2 amide bonds. The number of aryl methyl sites for hydroxylation is 1. The average molecular weight is 455 g/mol. The van der Waals surface area contributed by atoms with Crippen molar-refractivity contribution >= 4 is 38.9 Å². The molecule has 0 aliphatic carbocycles. The number of amides is 2. The fourth-order valence-electron chi connectivity index (χ4n) is 3.66. The lowest BCUT2D eigenvalue weighted by Crippen LogP contribution is -2.46. The summed E-state index contributed by atoms with van der Waals surface area (Å²) in [5.41, 5.74) is 2.42. The molecule has 1 aliphatic rings. The molecule has 0 bridgehead atoms. The molecular weight excluding hydrogens is 432 g/mol. The minimum Gasteiger partial charge on any atom is -0.274 e. The fraction of sp³-hybridized carbons (Fsp3) is 0.217. The Morgan fingerprint density at radius 2 is 1.71 bits per heavy atom. The highest BCUT2D eigenvalue weighted by Crippen LogP contribution is 2.31. The molecule has 4 rings (SSSR count). The van der Waals surface area contributed by atoms with E-state index in [4.69, 9.17) is 0 Å². The molecule has 1 atom stereocenters. The van der Waals surface area contributed by atoms with Crippen molar-refractivity contribution < 1.29 is 18.0 Å². The van der Waals surface area contributed by atoms with E-state index in [2.05, 4.69) is 0 Å². The van der Waals surface area contributed by atoms with Gasteiger partial charge in [0.1, 0.15) is 10.3 Å². The zero-order valence-corrected chi connectivity index (χ0v) is 18.6. The Morgan fingerprint density at radius 3 is 2.35 bits per heavy atom. The van der Waals surface area contributed by atoms with Crippen LogP contribution < -0.4 is 4.90 Å². The molecule has 31 heavy (non-hydrogen) atoms. The molecule has 8 heteroatoms. The van der Waals surface area contributed by atoms with Gasteiger partial charge in [-0.25, -0.2) is 13.3 Å². The second-order valence-electron chi connectivity index (χ2n) is 7.41. The van der Waals surface area contributed by atoms with Gasteiger partial charge in [-0.15, -0.1) is 11.3 Å². The number of carbonyl (C=O) groups excluding carboxylic acids is 2. The highest BCUT2D eigenvalue weighted by Gasteiger charge is 2.46. The summed E-state index contributed by atoms with van der Waals surface area (Å²) in [7, 11) is -3.93. The Kier molecular flexibility index (Phi) is 6.04. The SMILES string of the molecule is Cc1ccc(N2C(=O)CC(N(CCc3ccccc3)S(=O)(=O)c3cccs3)C2=O)cc1. The molecule has 1 fully saturated rings. The van der Waals surface area contributed by atoms with Gasteiger partial charge in [0, 0.05) is 6.54 Å². The number of anilines is 1. The van der Waals surface area contributed by atoms with Crippen LogP contribution in [-0.2, 0) is 26.0 Å². The summed E-state index contributed by atoms with van der Waals surface area (Å²) in [5.74, 6) is -0.910. The number of thiophene rings is 1. The summed E-state index contributed by atoms with van der Waals surface area (Å²) >= 11 is 1.10. The van der Waals surface area contributed by atoms with Crippen LogP contribution in [0.3, 0.4) is 0 Å². The monoisotopic (exact) mass is 454 g/mol. The van der Waals surface area contributed by atoms with Crippen LogP contribution in [0.5, 0.6) is 0 Å². The van der Waals surface area contributed by atoms with Gasteiger partial charge < -0.3 is 0 Å². The van der Waals surface area contributed by atoms with Crippen molar-refractivity contribution in [2.45, 2.75) is 30.0 Å². The number of imide groups is 1. The molecule has 1 saturated heterocycles. The van der Waals surface area contributed by atoms with Crippen molar-refractivity contribution in [2.75, 3.05) is 11.4 Å². The molecule has 0 N–H and O–H groups in total. The minimum atomic E-state index is -3.93. The summed E-state index contributed by atoms with van der Waals surface area (Å²) in [5, 5.41) is 1.68. The zero-order valence-electron chi connectivity index (χ0n) is 17.0. The first-order valence-electron chi connectivity index (χ1n) is 9.90. The molecule has 2 aromatic carbocycles. The first kappa shape index (κ1) is 21.4. The quantitative estimate of drug-likeness (QED) is 0.511. The van der Waals surface area contributed by atoms with Crippen molar-refractivity contribution in [3.63, 3.8) is 0 Å². The van der Waals surface area contributed by atoms with E-state index in [1.165, 1.54) is 10.4 Å². The van der Waals surface area contributed by atoms with Gasteiger partial charge in [-0.1, -0.05) is 54.1 Å². The van der Waals surface area contributed by atoms with E-state index in [1.807, 2.05) is 49.4 Å². The van der Waals surface area contributed by atoms with Crippen molar-refractivity contribution in [1.29, 1.82) is 0 Å². The Balaban J connectivity index is 1.67. The second kappa shape index (κ2) is 8.74. The van der Waals surface area contributed by atoms with Crippen LogP contribution in [0, 0.1) is 6.92 Å². The van der Waals surface area contributed by atoms with Crippen LogP contribution in [0.25, 0.3) is 0 Å². The predicted molar refractivity (Wildman–Crippen MR) is 120 cm³/mol. The van der Waals surface area contributed by atoms with Gasteiger partial charge in [0.15, 0.2) is 0 Å². The lowest BCUT2D eigenvalue weighted by molar-refractivity contribution is -0.122. The normalized spacial score (nSPS) is 17.0. The van der Waals surface area contributed by atoms with Gasteiger partial charge in [0.05, 0.1) is 12.1 Å². The molecule has 1 aromatic heterocycles. The van der Waals surface area contributed by atoms with Crippen LogP contribution >= 0.6 is 11.3 Å². The summed E-state index contributed by atoms with van der Waals surface area (Å²) in [6.45, 7) is 2.02. The second-order valence-corrected chi connectivity index (χ2v) is 10.5. The van der Waals surface area contributed by atoms with E-state index in [1.54, 1.807) is 23.6 Å². The van der Waals surface area contributed by atoms with E-state index in [9.17, 15) is 18.0 Å². The highest BCUT2D eigenvalue weighted by molar-refractivity contribution is 7.91. The van der Waals surface area contributed by atoms with E-state index in [0.29, 0.717) is 12.1 Å². The molecule has 0 saturated carbocycles. The first-order chi connectivity index (χ1) is 14.9. The van der Waals surface area contributed by atoms with Gasteiger partial charge in [0.2, 0.25) is 5.91 Å². The largest absolute Gasteiger partial charge is 0.274 e. The summed E-state index contributed by atoms with van der Waals surface area (Å²) in [6, 6.07) is 18.6. The number of hydrogen-bond acceptors (Lipinski definition) is 5. The first-order valence-corrected chi connectivity index (χ1v) is 12.2. The number of carbonyl (C=O) groups is 2. The van der Waals surface area contributed by atoms with Gasteiger partial charge in [-0.2, -0.15) is 4.31 Å². The number of rotatable bonds is 7. The van der Waals surface area contributed by atoms with Crippen LogP contribution in [-0.4, -0.2) is 37.1 Å². The minimum absolute atomic E-state index is 0.107. The molecule has 1 aliphatic heterocycles. The standard InChI is InChI=1S/C23H22N2O4S2/c1-17-9-11-19(12-10-17)25-21(26)16-20(23(25)27)24(14-13-18-6-3-2-4-7-18)31(28,29)22-8-5-15-30-22/h2-12,15,20H,13-14,16H2,1H3. The highest BCUT2D eigenvalue weighted by atomic mass is 32.2. The Labute approximate surface area is 185 Å². The topological polar surface area (TPSA) is 74.8 Å². The summed E-state index contributed by atoms with van der Waals surface area (Å²) in [4.78, 5) is 27.1. The Morgan fingerprint density at radius 1 is 1.00 bits per heavy atom. The molecule has 160 valence electrons. The lowest BCUT2D eigenvalue weighted by atomic mass is 10.1. The van der Waals surface area contributed by atoms with E-state index >= 15 is 0 Å². The predicted octanol–water partition coefficient (Wildman–Crippen LogP) is 3.62. The van der Waals surface area contributed by atoms with Crippen molar-refractivity contribution in [3.8, 4) is 0 Å². The molecule has 0 spiro atoms. The van der Waals surface area contributed by atoms with E-state index in [-0.39, 0.29) is 17.2 Å². The van der Waals surface area contributed by atoms with Crippen molar-refractivity contribution in [3.05, 3.63) is 83.2 Å². The molecule has 1 unspecified atom stereocenters. The van der Waals surface area contributed by atoms with Crippen LogP contribution in [0.4, 0.5) is 5.69 Å². The van der Waals surface area contributed by atoms with E-state index in [0.717, 1.165) is 27.4 Å². The maximum Gasteiger partial charge on any atom is 0.253 e. The van der Waals surface area contributed by atoms with E-state index < -0.39 is 27.9 Å². The van der Waals surface area contributed by atoms with Crippen LogP contribution in [0.1, 0.15) is 17.5 Å². The maximum absolute atomic E-state index is 13.4. The average Bonchev–Trinajstić information content (AvgIpc) is 3.39. The van der Waals surface area contributed by atoms with Crippen LogP contribution in [0.2, 0.25) is 0 Å². The van der Waals surface area contributed by atoms with Gasteiger partial charge in [-0.05, 0) is 42.5 Å². The smallest absolute Gasteiger partial charge is 0.253 e. The summed E-state index contributed by atoms with van der Waals surface area (Å²) < 4.78 is 28.1. The fourth-order valence-corrected chi connectivity index (χ4v) is 6.36. The lowest BCUT2D eigenvalue weighted by Gasteiger charge is -2.26. The Bertz CT molecular complexity index is 1170. The third-order valence-corrected chi connectivity index (χ3v) is 8.57. The molecule has 2 heterocycles. The molecule has 0 radical (unpaired) electrons. The number of sulfonamides is 1. The molecular formula is C23H22N2O4S2. The van der Waals surface area contributed by atoms with Crippen LogP contribution in [0.15, 0.2) is 76.3 Å². The van der Waals surface area contributed by atoms with Crippen molar-refractivity contribution in [1.82, 2.24) is 4.31 Å². The van der Waals surface area contributed by atoms with Gasteiger partial charge >= 0.3 is 0 Å². The number of benzene rings is 2. The third-order valence-electron chi connectivity index (χ3n) is 5.28. The number of nitrogens with zero attached hydrogens (tertiary/aromatic N) is 2. The zero-order chi connectivity index (χ0) is 22.0. The molecule has 6 nitrogen and oxygen atoms in total. The van der Waals surface area contributed by atoms with Gasteiger partial charge in [-0.3, -0.25) is 9.59 Å². The van der Waals surface area contributed by atoms with Gasteiger partial charge in [0.25, 0.3) is 15.9 Å². The maximum atomic E-state index is 13.4. The third kappa shape index (κ3) is 4.32. The Hall–Kier alpha value is -2.81. The summed E-state index contributed by atoms with van der Waals surface area (Å²) in [6.07, 6.45) is 0.264.